The van der Waals surface area contributed by atoms with Gasteiger partial charge in [-0.05, 0) is 31.2 Å². The van der Waals surface area contributed by atoms with Crippen LogP contribution in [0.15, 0.2) is 29.4 Å². The maximum atomic E-state index is 11.8. The Kier molecular flexibility index (Phi) is 4.39. The maximum Gasteiger partial charge on any atom is 0.331 e. The molecule has 1 rings (SSSR count). The minimum absolute atomic E-state index is 0.116. The first kappa shape index (κ1) is 12.9. The highest BCUT2D eigenvalue weighted by Gasteiger charge is 2.10. The number of carbonyl (C=O) groups is 2. The molecule has 0 aliphatic heterocycles. The zero-order valence-electron chi connectivity index (χ0n) is 9.89. The molecular formula is C12H13NO4. The third kappa shape index (κ3) is 3.71. The Labute approximate surface area is 99.0 Å². The molecule has 0 amide bonds. The zero-order chi connectivity index (χ0) is 12.8. The summed E-state index contributed by atoms with van der Waals surface area (Å²) >= 11 is 0. The SMILES string of the molecule is COc1ccc(C(=O)C(C)=NOC(C)=O)cc1. The van der Waals surface area contributed by atoms with Crippen LogP contribution >= 0.6 is 0 Å². The number of carbonyl (C=O) groups excluding carboxylic acids is 2. The molecule has 0 atom stereocenters. The quantitative estimate of drug-likeness (QED) is 0.345. The fourth-order valence-corrected chi connectivity index (χ4v) is 1.13. The number of Topliss-reactive ketones (excluding diaryl/α,β-unsaturated/α-hetero) is 1. The smallest absolute Gasteiger partial charge is 0.331 e. The molecule has 0 N–H and O–H groups in total. The number of oxime groups is 1. The number of methoxy groups -OCH3 is 1. The predicted octanol–water partition coefficient (Wildman–Crippen LogP) is 1.82. The molecular weight excluding hydrogens is 222 g/mol. The third-order valence-electron chi connectivity index (χ3n) is 1.99. The lowest BCUT2D eigenvalue weighted by Gasteiger charge is -2.02. The van der Waals surface area contributed by atoms with Crippen molar-refractivity contribution in [3.63, 3.8) is 0 Å². The molecule has 1 aromatic carbocycles. The highest BCUT2D eigenvalue weighted by atomic mass is 16.7. The predicted molar refractivity (Wildman–Crippen MR) is 62.2 cm³/mol. The van der Waals surface area contributed by atoms with E-state index in [1.807, 2.05) is 0 Å². The Morgan fingerprint density at radius 2 is 1.71 bits per heavy atom. The van der Waals surface area contributed by atoms with E-state index in [4.69, 9.17) is 4.74 Å². The first-order valence-electron chi connectivity index (χ1n) is 4.95. The molecule has 0 bridgehead atoms. The summed E-state index contributed by atoms with van der Waals surface area (Å²) in [5.74, 6) is -0.197. The van der Waals surface area contributed by atoms with Gasteiger partial charge in [-0.1, -0.05) is 5.16 Å². The maximum absolute atomic E-state index is 11.8. The van der Waals surface area contributed by atoms with Crippen molar-refractivity contribution in [3.05, 3.63) is 29.8 Å². The lowest BCUT2D eigenvalue weighted by molar-refractivity contribution is -0.140. The van der Waals surface area contributed by atoms with Gasteiger partial charge in [-0.15, -0.1) is 0 Å². The van der Waals surface area contributed by atoms with Gasteiger partial charge < -0.3 is 9.57 Å². The van der Waals surface area contributed by atoms with E-state index < -0.39 is 5.97 Å². The minimum atomic E-state index is -0.563. The molecule has 0 aromatic heterocycles. The summed E-state index contributed by atoms with van der Waals surface area (Å²) in [5, 5.41) is 3.43. The molecule has 0 heterocycles. The summed E-state index contributed by atoms with van der Waals surface area (Å²) in [6, 6.07) is 6.58. The number of nitrogens with zero attached hydrogens (tertiary/aromatic N) is 1. The number of ketones is 1. The summed E-state index contributed by atoms with van der Waals surface area (Å²) in [4.78, 5) is 26.7. The van der Waals surface area contributed by atoms with E-state index in [0.29, 0.717) is 11.3 Å². The van der Waals surface area contributed by atoms with Crippen molar-refractivity contribution >= 4 is 17.5 Å². The molecule has 0 saturated carbocycles. The molecule has 0 fully saturated rings. The van der Waals surface area contributed by atoms with E-state index in [0.717, 1.165) is 0 Å². The van der Waals surface area contributed by atoms with E-state index in [2.05, 4.69) is 9.99 Å². The largest absolute Gasteiger partial charge is 0.497 e. The van der Waals surface area contributed by atoms with Gasteiger partial charge in [-0.3, -0.25) is 4.79 Å². The second kappa shape index (κ2) is 5.79. The van der Waals surface area contributed by atoms with Gasteiger partial charge in [0, 0.05) is 12.5 Å². The lowest BCUT2D eigenvalue weighted by Crippen LogP contribution is -2.11. The van der Waals surface area contributed by atoms with Crippen molar-refractivity contribution in [2.45, 2.75) is 13.8 Å². The van der Waals surface area contributed by atoms with E-state index in [1.54, 1.807) is 31.4 Å². The Balaban J connectivity index is 2.81. The van der Waals surface area contributed by atoms with Crippen LogP contribution in [-0.4, -0.2) is 24.6 Å². The average molecular weight is 235 g/mol. The van der Waals surface area contributed by atoms with Crippen molar-refractivity contribution in [1.82, 2.24) is 0 Å². The van der Waals surface area contributed by atoms with Crippen LogP contribution in [0, 0.1) is 0 Å². The average Bonchev–Trinajstić information content (AvgIpc) is 2.35. The summed E-state index contributed by atoms with van der Waals surface area (Å²) in [7, 11) is 1.55. The highest BCUT2D eigenvalue weighted by molar-refractivity contribution is 6.45. The van der Waals surface area contributed by atoms with Gasteiger partial charge in [0.25, 0.3) is 0 Å². The number of rotatable bonds is 4. The Hall–Kier alpha value is -2.17. The number of hydrogen-bond donors (Lipinski definition) is 0. The zero-order valence-corrected chi connectivity index (χ0v) is 9.89. The van der Waals surface area contributed by atoms with Gasteiger partial charge in [0.15, 0.2) is 0 Å². The molecule has 0 aliphatic rings. The molecule has 0 spiro atoms. The molecule has 0 radical (unpaired) electrons. The normalized spacial score (nSPS) is 10.9. The second-order valence-electron chi connectivity index (χ2n) is 3.32. The van der Waals surface area contributed by atoms with Crippen LogP contribution in [0.5, 0.6) is 5.75 Å². The number of hydrogen-bond acceptors (Lipinski definition) is 5. The van der Waals surface area contributed by atoms with Crippen LogP contribution in [-0.2, 0) is 9.63 Å². The number of benzene rings is 1. The van der Waals surface area contributed by atoms with Crippen molar-refractivity contribution in [1.29, 1.82) is 0 Å². The van der Waals surface area contributed by atoms with E-state index >= 15 is 0 Å². The Morgan fingerprint density at radius 3 is 2.18 bits per heavy atom. The monoisotopic (exact) mass is 235 g/mol. The van der Waals surface area contributed by atoms with Crippen LogP contribution in [0.4, 0.5) is 0 Å². The Bertz CT molecular complexity index is 448. The van der Waals surface area contributed by atoms with Gasteiger partial charge in [0.1, 0.15) is 11.5 Å². The van der Waals surface area contributed by atoms with Crippen LogP contribution < -0.4 is 4.74 Å². The van der Waals surface area contributed by atoms with Gasteiger partial charge in [-0.2, -0.15) is 0 Å². The standard InChI is InChI=1S/C12H13NO4/c1-8(13-17-9(2)14)12(15)10-4-6-11(16-3)7-5-10/h4-7H,1-3H3. The molecule has 0 saturated heterocycles. The van der Waals surface area contributed by atoms with E-state index in [1.165, 1.54) is 13.8 Å². The van der Waals surface area contributed by atoms with Crippen molar-refractivity contribution in [2.75, 3.05) is 7.11 Å². The first-order chi connectivity index (χ1) is 8.04. The fourth-order valence-electron chi connectivity index (χ4n) is 1.13. The Morgan fingerprint density at radius 1 is 1.12 bits per heavy atom. The summed E-state index contributed by atoms with van der Waals surface area (Å²) in [6.45, 7) is 2.70. The molecule has 5 heteroatoms. The van der Waals surface area contributed by atoms with Crippen LogP contribution in [0.2, 0.25) is 0 Å². The van der Waals surface area contributed by atoms with Gasteiger partial charge >= 0.3 is 5.97 Å². The van der Waals surface area contributed by atoms with E-state index in [9.17, 15) is 9.59 Å². The summed E-state index contributed by atoms with van der Waals surface area (Å²) < 4.78 is 4.98. The molecule has 0 unspecified atom stereocenters. The third-order valence-corrected chi connectivity index (χ3v) is 1.99. The highest BCUT2D eigenvalue weighted by Crippen LogP contribution is 2.12. The van der Waals surface area contributed by atoms with Crippen LogP contribution in [0.3, 0.4) is 0 Å². The van der Waals surface area contributed by atoms with Crippen LogP contribution in [0.25, 0.3) is 0 Å². The van der Waals surface area contributed by atoms with Crippen molar-refractivity contribution in [2.24, 2.45) is 5.16 Å². The minimum Gasteiger partial charge on any atom is -0.497 e. The van der Waals surface area contributed by atoms with Crippen LogP contribution in [0.1, 0.15) is 24.2 Å². The van der Waals surface area contributed by atoms with E-state index in [-0.39, 0.29) is 11.5 Å². The molecule has 17 heavy (non-hydrogen) atoms. The second-order valence-corrected chi connectivity index (χ2v) is 3.32. The fraction of sp³-hybridized carbons (Fsp3) is 0.250. The first-order valence-corrected chi connectivity index (χ1v) is 4.95. The number of ether oxygens (including phenoxy) is 1. The molecule has 90 valence electrons. The molecule has 5 nitrogen and oxygen atoms in total. The topological polar surface area (TPSA) is 65.0 Å². The molecule has 1 aromatic rings. The van der Waals surface area contributed by atoms with Crippen molar-refractivity contribution < 1.29 is 19.2 Å². The summed E-state index contributed by atoms with van der Waals surface area (Å²) in [6.07, 6.45) is 0. The van der Waals surface area contributed by atoms with Crippen molar-refractivity contribution in [3.8, 4) is 5.75 Å². The van der Waals surface area contributed by atoms with Gasteiger partial charge in [0.05, 0.1) is 7.11 Å². The molecule has 0 aliphatic carbocycles. The lowest BCUT2D eigenvalue weighted by atomic mass is 10.1. The van der Waals surface area contributed by atoms with Gasteiger partial charge in [0.2, 0.25) is 5.78 Å². The summed E-state index contributed by atoms with van der Waals surface area (Å²) in [5.41, 5.74) is 0.574. The van der Waals surface area contributed by atoms with Gasteiger partial charge in [-0.25, -0.2) is 4.79 Å².